The molecule has 0 radical (unpaired) electrons. The Kier molecular flexibility index (Phi) is 1.06. The van der Waals surface area contributed by atoms with Crippen LogP contribution in [0.15, 0.2) is 0 Å². The Hall–Kier alpha value is -0.0800. The average molecular weight is 166 g/mol. The van der Waals surface area contributed by atoms with Gasteiger partial charge in [0.1, 0.15) is 0 Å². The highest BCUT2D eigenvalue weighted by atomic mass is 15.0. The Morgan fingerprint density at radius 3 is 2.42 bits per heavy atom. The van der Waals surface area contributed by atoms with Gasteiger partial charge in [-0.25, -0.2) is 0 Å². The van der Waals surface area contributed by atoms with Gasteiger partial charge in [-0.2, -0.15) is 0 Å². The third-order valence-corrected chi connectivity index (χ3v) is 4.84. The van der Waals surface area contributed by atoms with Crippen molar-refractivity contribution in [1.82, 2.24) is 0 Å². The van der Waals surface area contributed by atoms with Crippen molar-refractivity contribution in [2.24, 2.45) is 34.6 Å². The summed E-state index contributed by atoms with van der Waals surface area (Å²) in [5, 5.41) is 0. The first-order valence-corrected chi connectivity index (χ1v) is 5.11. The maximum absolute atomic E-state index is 6.22. The zero-order valence-corrected chi connectivity index (χ0v) is 7.72. The molecule has 3 saturated carbocycles. The van der Waals surface area contributed by atoms with Gasteiger partial charge in [-0.05, 0) is 49.0 Å². The van der Waals surface area contributed by atoms with Gasteiger partial charge in [-0.1, -0.05) is 6.92 Å². The van der Waals surface area contributed by atoms with Crippen LogP contribution in [0.4, 0.5) is 0 Å². The van der Waals surface area contributed by atoms with Crippen LogP contribution in [0.1, 0.15) is 26.2 Å². The summed E-state index contributed by atoms with van der Waals surface area (Å²) in [6.07, 6.45) is 4.00. The zero-order chi connectivity index (χ0) is 8.56. The van der Waals surface area contributed by atoms with Crippen molar-refractivity contribution in [3.05, 3.63) is 0 Å². The van der Waals surface area contributed by atoms with E-state index in [-0.39, 0.29) is 5.54 Å². The predicted molar refractivity (Wildman–Crippen MR) is 48.4 cm³/mol. The second kappa shape index (κ2) is 1.73. The fraction of sp³-hybridized carbons (Fsp3) is 1.00. The van der Waals surface area contributed by atoms with E-state index in [1.165, 1.54) is 19.3 Å². The molecule has 5 unspecified atom stereocenters. The van der Waals surface area contributed by atoms with Crippen molar-refractivity contribution in [2.75, 3.05) is 6.54 Å². The summed E-state index contributed by atoms with van der Waals surface area (Å²) < 4.78 is 0. The number of nitrogens with two attached hydrogens (primary N) is 2. The quantitative estimate of drug-likeness (QED) is 0.634. The van der Waals surface area contributed by atoms with Crippen molar-refractivity contribution < 1.29 is 0 Å². The maximum Gasteiger partial charge on any atom is 0.0221 e. The molecule has 0 heterocycles. The molecule has 3 aliphatic carbocycles. The molecule has 4 N–H and O–H groups in total. The Bertz CT molecular complexity index is 240. The van der Waals surface area contributed by atoms with E-state index in [4.69, 9.17) is 11.5 Å². The van der Waals surface area contributed by atoms with Crippen molar-refractivity contribution in [3.63, 3.8) is 0 Å². The van der Waals surface area contributed by atoms with Gasteiger partial charge < -0.3 is 11.5 Å². The third kappa shape index (κ3) is 0.612. The largest absolute Gasteiger partial charge is 0.330 e. The van der Waals surface area contributed by atoms with E-state index in [1.54, 1.807) is 0 Å². The van der Waals surface area contributed by atoms with Gasteiger partial charge in [0.05, 0.1) is 0 Å². The Labute approximate surface area is 73.7 Å². The van der Waals surface area contributed by atoms with Crippen LogP contribution in [0.5, 0.6) is 0 Å². The van der Waals surface area contributed by atoms with E-state index >= 15 is 0 Å². The zero-order valence-electron chi connectivity index (χ0n) is 7.72. The van der Waals surface area contributed by atoms with Crippen LogP contribution in [-0.4, -0.2) is 12.1 Å². The number of hydrogen-bond acceptors (Lipinski definition) is 2. The van der Waals surface area contributed by atoms with Crippen molar-refractivity contribution in [1.29, 1.82) is 0 Å². The molecule has 0 bridgehead atoms. The van der Waals surface area contributed by atoms with Gasteiger partial charge in [0, 0.05) is 5.54 Å². The van der Waals surface area contributed by atoms with Gasteiger partial charge in [0.25, 0.3) is 0 Å². The maximum atomic E-state index is 6.22. The molecule has 2 nitrogen and oxygen atoms in total. The Morgan fingerprint density at radius 2 is 2.08 bits per heavy atom. The van der Waals surface area contributed by atoms with E-state index in [2.05, 4.69) is 6.92 Å². The minimum absolute atomic E-state index is 0.289. The molecule has 0 spiro atoms. The summed E-state index contributed by atoms with van der Waals surface area (Å²) in [5.74, 6) is 2.61. The Balaban J connectivity index is 1.72. The normalized spacial score (nSPS) is 66.8. The summed E-state index contributed by atoms with van der Waals surface area (Å²) in [4.78, 5) is 0. The van der Waals surface area contributed by atoms with E-state index in [1.807, 2.05) is 0 Å². The molecule has 0 saturated heterocycles. The molecule has 0 aromatic heterocycles. The van der Waals surface area contributed by atoms with Gasteiger partial charge in [-0.3, -0.25) is 0 Å². The van der Waals surface area contributed by atoms with Gasteiger partial charge >= 0.3 is 0 Å². The molecule has 0 amide bonds. The number of fused-ring (bicyclic) bond motifs is 1. The Morgan fingerprint density at radius 1 is 1.42 bits per heavy atom. The highest BCUT2D eigenvalue weighted by Crippen LogP contribution is 2.74. The van der Waals surface area contributed by atoms with Crippen LogP contribution in [0.2, 0.25) is 0 Å². The SMILES string of the molecule is CC1(CN)CC1C1C2CCC21N. The fourth-order valence-corrected chi connectivity index (χ4v) is 3.46. The molecular weight excluding hydrogens is 148 g/mol. The van der Waals surface area contributed by atoms with Crippen LogP contribution < -0.4 is 11.5 Å². The molecule has 2 heteroatoms. The van der Waals surface area contributed by atoms with Crippen LogP contribution in [0.25, 0.3) is 0 Å². The van der Waals surface area contributed by atoms with E-state index in [9.17, 15) is 0 Å². The molecule has 5 atom stereocenters. The summed E-state index contributed by atoms with van der Waals surface area (Å²) in [6.45, 7) is 3.18. The van der Waals surface area contributed by atoms with Gasteiger partial charge in [-0.15, -0.1) is 0 Å². The van der Waals surface area contributed by atoms with Crippen LogP contribution >= 0.6 is 0 Å². The number of rotatable bonds is 2. The van der Waals surface area contributed by atoms with E-state index in [0.717, 1.165) is 24.3 Å². The molecule has 12 heavy (non-hydrogen) atoms. The highest BCUT2D eigenvalue weighted by molar-refractivity contribution is 5.29. The molecule has 3 rings (SSSR count). The van der Waals surface area contributed by atoms with Gasteiger partial charge in [0.2, 0.25) is 0 Å². The third-order valence-electron chi connectivity index (χ3n) is 4.84. The van der Waals surface area contributed by atoms with Crippen LogP contribution in [0.3, 0.4) is 0 Å². The lowest BCUT2D eigenvalue weighted by Gasteiger charge is -2.19. The van der Waals surface area contributed by atoms with E-state index < -0.39 is 0 Å². The molecule has 68 valence electrons. The van der Waals surface area contributed by atoms with Crippen molar-refractivity contribution in [3.8, 4) is 0 Å². The second-order valence-electron chi connectivity index (χ2n) is 5.45. The molecule has 0 aliphatic heterocycles. The first-order valence-electron chi connectivity index (χ1n) is 5.11. The standard InChI is InChI=1S/C10H18N2/c1-9(5-11)4-7(9)8-6-2-3-10(6,8)12/h6-8H,2-5,11-12H2,1H3. The van der Waals surface area contributed by atoms with Gasteiger partial charge in [0.15, 0.2) is 0 Å². The highest BCUT2D eigenvalue weighted by Gasteiger charge is 2.75. The summed E-state index contributed by atoms with van der Waals surface area (Å²) >= 11 is 0. The number of hydrogen-bond donors (Lipinski definition) is 2. The topological polar surface area (TPSA) is 52.0 Å². The first-order chi connectivity index (χ1) is 5.62. The minimum Gasteiger partial charge on any atom is -0.330 e. The molecule has 3 aliphatic rings. The molecule has 3 fully saturated rings. The summed E-state index contributed by atoms with van der Waals surface area (Å²) in [6, 6.07) is 0. The second-order valence-corrected chi connectivity index (χ2v) is 5.45. The predicted octanol–water partition coefficient (Wildman–Crippen LogP) is 0.709. The lowest BCUT2D eigenvalue weighted by Crippen LogP contribution is -2.33. The average Bonchev–Trinajstić information content (AvgIpc) is 2.81. The monoisotopic (exact) mass is 166 g/mol. The van der Waals surface area contributed by atoms with Crippen molar-refractivity contribution >= 4 is 0 Å². The lowest BCUT2D eigenvalue weighted by atomic mass is 9.94. The summed E-state index contributed by atoms with van der Waals surface area (Å²) in [5.41, 5.74) is 12.7. The van der Waals surface area contributed by atoms with Crippen LogP contribution in [-0.2, 0) is 0 Å². The first kappa shape index (κ1) is 7.34. The minimum atomic E-state index is 0.289. The molecule has 0 aromatic rings. The molecular formula is C10H18N2. The van der Waals surface area contributed by atoms with Crippen molar-refractivity contribution in [2.45, 2.75) is 31.7 Å². The van der Waals surface area contributed by atoms with E-state index in [0.29, 0.717) is 5.41 Å². The van der Waals surface area contributed by atoms with Crippen LogP contribution in [0, 0.1) is 23.2 Å². The fourth-order valence-electron chi connectivity index (χ4n) is 3.46. The smallest absolute Gasteiger partial charge is 0.0221 e. The summed E-state index contributed by atoms with van der Waals surface area (Å²) in [7, 11) is 0. The molecule has 0 aromatic carbocycles. The lowest BCUT2D eigenvalue weighted by molar-refractivity contribution is 0.395.